The highest BCUT2D eigenvalue weighted by Crippen LogP contribution is 2.22. The van der Waals surface area contributed by atoms with Crippen molar-refractivity contribution in [3.05, 3.63) is 71.8 Å². The standard InChI is InChI=1S/C21H24N2O4/c1-4-7-15-14-16(10-11-19(15)27-3)20(24)23-18-9-6-5-8-17(18)21(25)22-12-13-26-2/h4-6,8-11,14H,1,7,12-13H2,2-3H3,(H,22,25)(H,23,24). The maximum atomic E-state index is 12.7. The molecule has 6 nitrogen and oxygen atoms in total. The van der Waals surface area contributed by atoms with Crippen LogP contribution in [0.5, 0.6) is 5.75 Å². The molecule has 0 aliphatic rings. The average molecular weight is 368 g/mol. The Morgan fingerprint density at radius 1 is 1.11 bits per heavy atom. The van der Waals surface area contributed by atoms with Crippen LogP contribution in [0, 0.1) is 0 Å². The SMILES string of the molecule is C=CCc1cc(C(=O)Nc2ccccc2C(=O)NCCOC)ccc1OC. The van der Waals surface area contributed by atoms with E-state index in [9.17, 15) is 9.59 Å². The minimum Gasteiger partial charge on any atom is -0.496 e. The quantitative estimate of drug-likeness (QED) is 0.527. The Labute approximate surface area is 159 Å². The number of ether oxygens (including phenoxy) is 2. The molecule has 0 atom stereocenters. The summed E-state index contributed by atoms with van der Waals surface area (Å²) >= 11 is 0. The number of hydrogen-bond acceptors (Lipinski definition) is 4. The van der Waals surface area contributed by atoms with Gasteiger partial charge in [-0.15, -0.1) is 6.58 Å². The lowest BCUT2D eigenvalue weighted by atomic mass is 10.1. The van der Waals surface area contributed by atoms with E-state index in [1.54, 1.807) is 62.8 Å². The molecule has 0 unspecified atom stereocenters. The molecule has 0 saturated heterocycles. The first-order valence-electron chi connectivity index (χ1n) is 8.56. The van der Waals surface area contributed by atoms with Gasteiger partial charge in [0.2, 0.25) is 0 Å². The van der Waals surface area contributed by atoms with Crippen molar-refractivity contribution in [2.45, 2.75) is 6.42 Å². The molecule has 2 aromatic rings. The molecule has 0 aliphatic heterocycles. The number of allylic oxidation sites excluding steroid dienone is 1. The van der Waals surface area contributed by atoms with Gasteiger partial charge in [0.15, 0.2) is 0 Å². The summed E-state index contributed by atoms with van der Waals surface area (Å²) in [7, 11) is 3.15. The lowest BCUT2D eigenvalue weighted by molar-refractivity contribution is 0.0938. The first-order valence-corrected chi connectivity index (χ1v) is 8.56. The largest absolute Gasteiger partial charge is 0.496 e. The number of benzene rings is 2. The fourth-order valence-electron chi connectivity index (χ4n) is 2.58. The first-order chi connectivity index (χ1) is 13.1. The molecule has 0 aromatic heterocycles. The molecule has 2 N–H and O–H groups in total. The smallest absolute Gasteiger partial charge is 0.255 e. The van der Waals surface area contributed by atoms with E-state index in [2.05, 4.69) is 17.2 Å². The van der Waals surface area contributed by atoms with Gasteiger partial charge in [-0.25, -0.2) is 0 Å². The Kier molecular flexibility index (Phi) is 7.58. The van der Waals surface area contributed by atoms with Crippen LogP contribution < -0.4 is 15.4 Å². The van der Waals surface area contributed by atoms with Gasteiger partial charge in [0, 0.05) is 19.2 Å². The predicted molar refractivity (Wildman–Crippen MR) is 105 cm³/mol. The lowest BCUT2D eigenvalue weighted by Crippen LogP contribution is -2.28. The Balaban J connectivity index is 2.20. The van der Waals surface area contributed by atoms with Crippen molar-refractivity contribution in [3.8, 4) is 5.75 Å². The molecular formula is C21H24N2O4. The highest BCUT2D eigenvalue weighted by molar-refractivity contribution is 6.09. The highest BCUT2D eigenvalue weighted by Gasteiger charge is 2.15. The molecule has 2 amide bonds. The summed E-state index contributed by atoms with van der Waals surface area (Å²) in [5.41, 5.74) is 2.17. The van der Waals surface area contributed by atoms with Crippen LogP contribution in [0.2, 0.25) is 0 Å². The molecule has 0 bridgehead atoms. The normalized spacial score (nSPS) is 10.1. The third kappa shape index (κ3) is 5.43. The van der Waals surface area contributed by atoms with Crippen molar-refractivity contribution in [1.82, 2.24) is 5.32 Å². The number of methoxy groups -OCH3 is 2. The second kappa shape index (κ2) is 10.1. The Morgan fingerprint density at radius 3 is 2.59 bits per heavy atom. The molecule has 0 spiro atoms. The monoisotopic (exact) mass is 368 g/mol. The van der Waals surface area contributed by atoms with Gasteiger partial charge >= 0.3 is 0 Å². The van der Waals surface area contributed by atoms with E-state index in [1.807, 2.05) is 0 Å². The third-order valence-corrected chi connectivity index (χ3v) is 3.92. The van der Waals surface area contributed by atoms with Crippen LogP contribution in [0.3, 0.4) is 0 Å². The summed E-state index contributed by atoms with van der Waals surface area (Å²) in [5, 5.41) is 5.56. The minimum absolute atomic E-state index is 0.273. The van der Waals surface area contributed by atoms with Crippen LogP contribution >= 0.6 is 0 Å². The molecule has 2 rings (SSSR count). The number of para-hydroxylation sites is 1. The van der Waals surface area contributed by atoms with Crippen molar-refractivity contribution in [3.63, 3.8) is 0 Å². The van der Waals surface area contributed by atoms with Crippen molar-refractivity contribution in [2.24, 2.45) is 0 Å². The van der Waals surface area contributed by atoms with Crippen molar-refractivity contribution >= 4 is 17.5 Å². The third-order valence-electron chi connectivity index (χ3n) is 3.92. The molecule has 27 heavy (non-hydrogen) atoms. The van der Waals surface area contributed by atoms with E-state index in [1.165, 1.54) is 0 Å². The van der Waals surface area contributed by atoms with Gasteiger partial charge in [0.25, 0.3) is 11.8 Å². The van der Waals surface area contributed by atoms with E-state index >= 15 is 0 Å². The van der Waals surface area contributed by atoms with Crippen LogP contribution in [0.15, 0.2) is 55.1 Å². The number of hydrogen-bond donors (Lipinski definition) is 2. The first kappa shape index (κ1) is 20.2. The van der Waals surface area contributed by atoms with E-state index in [-0.39, 0.29) is 11.8 Å². The molecule has 0 aliphatic carbocycles. The van der Waals surface area contributed by atoms with Crippen LogP contribution in [0.1, 0.15) is 26.3 Å². The van der Waals surface area contributed by atoms with Crippen LogP contribution in [0.4, 0.5) is 5.69 Å². The fourth-order valence-corrected chi connectivity index (χ4v) is 2.58. The van der Waals surface area contributed by atoms with Gasteiger partial charge in [-0.2, -0.15) is 0 Å². The zero-order valence-corrected chi connectivity index (χ0v) is 15.6. The van der Waals surface area contributed by atoms with Gasteiger partial charge in [-0.3, -0.25) is 9.59 Å². The Bertz CT molecular complexity index is 818. The molecule has 6 heteroatoms. The van der Waals surface area contributed by atoms with Gasteiger partial charge in [-0.1, -0.05) is 18.2 Å². The summed E-state index contributed by atoms with van der Waals surface area (Å²) in [5.74, 6) is 0.120. The minimum atomic E-state index is -0.305. The predicted octanol–water partition coefficient (Wildman–Crippen LogP) is 3.05. The maximum Gasteiger partial charge on any atom is 0.255 e. The molecule has 0 saturated carbocycles. The molecule has 142 valence electrons. The van der Waals surface area contributed by atoms with E-state index < -0.39 is 0 Å². The topological polar surface area (TPSA) is 76.7 Å². The Hall–Kier alpha value is -3.12. The summed E-state index contributed by atoms with van der Waals surface area (Å²) in [6, 6.07) is 12.1. The molecule has 0 radical (unpaired) electrons. The fraction of sp³-hybridized carbons (Fsp3) is 0.238. The van der Waals surface area contributed by atoms with Crippen LogP contribution in [-0.4, -0.2) is 39.2 Å². The van der Waals surface area contributed by atoms with Gasteiger partial charge in [0.05, 0.1) is 25.0 Å². The second-order valence-corrected chi connectivity index (χ2v) is 5.77. The Morgan fingerprint density at radius 2 is 1.89 bits per heavy atom. The zero-order valence-electron chi connectivity index (χ0n) is 15.6. The summed E-state index contributed by atoms with van der Waals surface area (Å²) in [6.07, 6.45) is 2.34. The second-order valence-electron chi connectivity index (χ2n) is 5.77. The lowest BCUT2D eigenvalue weighted by Gasteiger charge is -2.13. The molecular weight excluding hydrogens is 344 g/mol. The summed E-state index contributed by atoms with van der Waals surface area (Å²) in [4.78, 5) is 25.0. The number of amides is 2. The molecule has 0 fully saturated rings. The van der Waals surface area contributed by atoms with Crippen LogP contribution in [-0.2, 0) is 11.2 Å². The van der Waals surface area contributed by atoms with Crippen molar-refractivity contribution < 1.29 is 19.1 Å². The van der Waals surface area contributed by atoms with Gasteiger partial charge in [0.1, 0.15) is 5.75 Å². The van der Waals surface area contributed by atoms with Crippen LogP contribution in [0.25, 0.3) is 0 Å². The summed E-state index contributed by atoms with van der Waals surface area (Å²) in [6.45, 7) is 4.53. The van der Waals surface area contributed by atoms with Gasteiger partial charge < -0.3 is 20.1 Å². The maximum absolute atomic E-state index is 12.7. The highest BCUT2D eigenvalue weighted by atomic mass is 16.5. The van der Waals surface area contributed by atoms with E-state index in [4.69, 9.17) is 9.47 Å². The average Bonchev–Trinajstić information content (AvgIpc) is 2.68. The molecule has 2 aromatic carbocycles. The van der Waals surface area contributed by atoms with E-state index in [0.29, 0.717) is 42.1 Å². The number of carbonyl (C=O) groups excluding carboxylic acids is 2. The summed E-state index contributed by atoms with van der Waals surface area (Å²) < 4.78 is 10.2. The van der Waals surface area contributed by atoms with Crippen molar-refractivity contribution in [1.29, 1.82) is 0 Å². The van der Waals surface area contributed by atoms with Gasteiger partial charge in [-0.05, 0) is 42.3 Å². The number of nitrogens with one attached hydrogen (secondary N) is 2. The number of anilines is 1. The number of rotatable bonds is 9. The number of carbonyl (C=O) groups is 2. The molecule has 0 heterocycles. The zero-order chi connectivity index (χ0) is 19.6. The van der Waals surface area contributed by atoms with E-state index in [0.717, 1.165) is 5.56 Å². The van der Waals surface area contributed by atoms with Crippen molar-refractivity contribution in [2.75, 3.05) is 32.7 Å².